The third kappa shape index (κ3) is 2.74. The molecule has 0 aliphatic heterocycles. The Morgan fingerprint density at radius 1 is 0.917 bits per heavy atom. The van der Waals surface area contributed by atoms with Gasteiger partial charge in [0.1, 0.15) is 17.5 Å². The first kappa shape index (κ1) is 15.7. The molecule has 3 rings (SSSR count). The third-order valence-corrected chi connectivity index (χ3v) is 3.54. The molecule has 3 nitrogen and oxygen atoms in total. The van der Waals surface area contributed by atoms with Crippen LogP contribution in [0.3, 0.4) is 0 Å². The number of nitrogen functional groups attached to an aromatic ring is 1. The highest BCUT2D eigenvalue weighted by Crippen LogP contribution is 2.29. The Morgan fingerprint density at radius 2 is 1.67 bits per heavy atom. The Kier molecular flexibility index (Phi) is 4.04. The molecule has 0 saturated carbocycles. The van der Waals surface area contributed by atoms with E-state index in [-0.39, 0.29) is 28.1 Å². The SMILES string of the molecule is Nc1c(C(=O)c2ccc(F)cc2F)ccnc1-c1ccccc1F. The summed E-state index contributed by atoms with van der Waals surface area (Å²) >= 11 is 0. The van der Waals surface area contributed by atoms with Crippen LogP contribution in [0.25, 0.3) is 11.3 Å². The molecule has 0 unspecified atom stereocenters. The van der Waals surface area contributed by atoms with Gasteiger partial charge in [0.2, 0.25) is 0 Å². The van der Waals surface area contributed by atoms with Crippen molar-refractivity contribution in [1.29, 1.82) is 0 Å². The maximum atomic E-state index is 13.9. The van der Waals surface area contributed by atoms with E-state index in [1.165, 1.54) is 30.5 Å². The van der Waals surface area contributed by atoms with Gasteiger partial charge in [-0.25, -0.2) is 13.2 Å². The number of pyridine rings is 1. The van der Waals surface area contributed by atoms with Gasteiger partial charge in [0.05, 0.1) is 16.9 Å². The number of hydrogen-bond acceptors (Lipinski definition) is 3. The highest BCUT2D eigenvalue weighted by Gasteiger charge is 2.20. The van der Waals surface area contributed by atoms with Crippen molar-refractivity contribution in [2.75, 3.05) is 5.73 Å². The van der Waals surface area contributed by atoms with Crippen molar-refractivity contribution in [3.63, 3.8) is 0 Å². The molecule has 0 aliphatic carbocycles. The first-order valence-corrected chi connectivity index (χ1v) is 6.98. The van der Waals surface area contributed by atoms with Crippen LogP contribution in [0.15, 0.2) is 54.7 Å². The number of nitrogens with two attached hydrogens (primary N) is 1. The van der Waals surface area contributed by atoms with Crippen molar-refractivity contribution in [3.05, 3.63) is 83.3 Å². The number of halogens is 3. The van der Waals surface area contributed by atoms with Crippen molar-refractivity contribution in [1.82, 2.24) is 4.98 Å². The van der Waals surface area contributed by atoms with E-state index in [4.69, 9.17) is 5.73 Å². The second kappa shape index (κ2) is 6.16. The smallest absolute Gasteiger partial charge is 0.198 e. The molecule has 0 saturated heterocycles. The summed E-state index contributed by atoms with van der Waals surface area (Å²) in [7, 11) is 0. The van der Waals surface area contributed by atoms with Gasteiger partial charge >= 0.3 is 0 Å². The van der Waals surface area contributed by atoms with Crippen LogP contribution in [0.2, 0.25) is 0 Å². The van der Waals surface area contributed by atoms with Gasteiger partial charge in [0.15, 0.2) is 5.78 Å². The molecule has 1 aromatic heterocycles. The number of hydrogen-bond donors (Lipinski definition) is 1. The molecular weight excluding hydrogens is 317 g/mol. The minimum atomic E-state index is -0.997. The van der Waals surface area contributed by atoms with Gasteiger partial charge in [-0.05, 0) is 30.3 Å². The molecule has 0 bridgehead atoms. The Bertz CT molecular complexity index is 941. The average molecular weight is 328 g/mol. The van der Waals surface area contributed by atoms with E-state index in [2.05, 4.69) is 4.98 Å². The fourth-order valence-electron chi connectivity index (χ4n) is 2.36. The van der Waals surface area contributed by atoms with Gasteiger partial charge in [-0.15, -0.1) is 0 Å². The van der Waals surface area contributed by atoms with E-state index in [9.17, 15) is 18.0 Å². The summed E-state index contributed by atoms with van der Waals surface area (Å²) in [6.45, 7) is 0. The molecule has 24 heavy (non-hydrogen) atoms. The summed E-state index contributed by atoms with van der Waals surface area (Å²) in [5.41, 5.74) is 5.74. The monoisotopic (exact) mass is 328 g/mol. The van der Waals surface area contributed by atoms with Gasteiger partial charge in [0, 0.05) is 23.4 Å². The van der Waals surface area contributed by atoms with Crippen LogP contribution in [0, 0.1) is 17.5 Å². The fourth-order valence-corrected chi connectivity index (χ4v) is 2.36. The Labute approximate surface area is 135 Å². The molecule has 2 N–H and O–H groups in total. The van der Waals surface area contributed by atoms with Gasteiger partial charge in [-0.3, -0.25) is 9.78 Å². The fraction of sp³-hybridized carbons (Fsp3) is 0. The highest BCUT2D eigenvalue weighted by molar-refractivity contribution is 6.13. The van der Waals surface area contributed by atoms with Gasteiger partial charge in [0.25, 0.3) is 0 Å². The zero-order chi connectivity index (χ0) is 17.3. The van der Waals surface area contributed by atoms with Crippen LogP contribution >= 0.6 is 0 Å². The van der Waals surface area contributed by atoms with Crippen LogP contribution in [-0.4, -0.2) is 10.8 Å². The van der Waals surface area contributed by atoms with E-state index >= 15 is 0 Å². The second-order valence-corrected chi connectivity index (χ2v) is 5.05. The second-order valence-electron chi connectivity index (χ2n) is 5.05. The van der Waals surface area contributed by atoms with Gasteiger partial charge in [-0.2, -0.15) is 0 Å². The molecule has 0 fully saturated rings. The lowest BCUT2D eigenvalue weighted by atomic mass is 9.99. The number of aromatic nitrogens is 1. The van der Waals surface area contributed by atoms with E-state index in [0.29, 0.717) is 6.07 Å². The van der Waals surface area contributed by atoms with E-state index in [1.807, 2.05) is 0 Å². The molecule has 0 radical (unpaired) electrons. The van der Waals surface area contributed by atoms with Crippen molar-refractivity contribution in [3.8, 4) is 11.3 Å². The number of ketones is 1. The lowest BCUT2D eigenvalue weighted by Crippen LogP contribution is -2.10. The molecule has 6 heteroatoms. The Morgan fingerprint density at radius 3 is 2.38 bits per heavy atom. The topological polar surface area (TPSA) is 56.0 Å². The van der Waals surface area contributed by atoms with Crippen LogP contribution in [0.5, 0.6) is 0 Å². The molecule has 120 valence electrons. The number of rotatable bonds is 3. The van der Waals surface area contributed by atoms with Crippen molar-refractivity contribution in [2.24, 2.45) is 0 Å². The molecule has 0 atom stereocenters. The average Bonchev–Trinajstić information content (AvgIpc) is 2.55. The largest absolute Gasteiger partial charge is 0.396 e. The number of carbonyl (C=O) groups excluding carboxylic acids is 1. The van der Waals surface area contributed by atoms with Crippen LogP contribution in [0.1, 0.15) is 15.9 Å². The summed E-state index contributed by atoms with van der Waals surface area (Å²) in [4.78, 5) is 16.5. The first-order valence-electron chi connectivity index (χ1n) is 6.98. The minimum Gasteiger partial charge on any atom is -0.396 e. The summed E-state index contributed by atoms with van der Waals surface area (Å²) < 4.78 is 40.8. The van der Waals surface area contributed by atoms with Crippen molar-refractivity contribution >= 4 is 11.5 Å². The lowest BCUT2D eigenvalue weighted by Gasteiger charge is -2.11. The molecule has 3 aromatic rings. The number of anilines is 1. The molecule has 1 heterocycles. The van der Waals surface area contributed by atoms with E-state index < -0.39 is 23.2 Å². The predicted molar refractivity (Wildman–Crippen MR) is 83.8 cm³/mol. The van der Waals surface area contributed by atoms with Crippen molar-refractivity contribution < 1.29 is 18.0 Å². The summed E-state index contributed by atoms with van der Waals surface area (Å²) in [6.07, 6.45) is 1.28. The quantitative estimate of drug-likeness (QED) is 0.740. The number of nitrogens with zero attached hydrogens (tertiary/aromatic N) is 1. The highest BCUT2D eigenvalue weighted by atomic mass is 19.1. The summed E-state index contributed by atoms with van der Waals surface area (Å²) in [5, 5.41) is 0. The maximum absolute atomic E-state index is 13.9. The summed E-state index contributed by atoms with van der Waals surface area (Å²) in [6, 6.07) is 9.77. The first-order chi connectivity index (χ1) is 11.5. The predicted octanol–water partition coefficient (Wildman–Crippen LogP) is 3.98. The van der Waals surface area contributed by atoms with E-state index in [1.54, 1.807) is 6.07 Å². The molecule has 0 spiro atoms. The minimum absolute atomic E-state index is 0.0336. The normalized spacial score (nSPS) is 10.6. The summed E-state index contributed by atoms with van der Waals surface area (Å²) in [5.74, 6) is -3.07. The van der Waals surface area contributed by atoms with Crippen LogP contribution < -0.4 is 5.73 Å². The zero-order valence-electron chi connectivity index (χ0n) is 12.3. The lowest BCUT2D eigenvalue weighted by molar-refractivity contribution is 0.103. The van der Waals surface area contributed by atoms with Crippen LogP contribution in [-0.2, 0) is 0 Å². The Hall–Kier alpha value is -3.15. The molecule has 2 aromatic carbocycles. The zero-order valence-corrected chi connectivity index (χ0v) is 12.3. The van der Waals surface area contributed by atoms with Crippen LogP contribution in [0.4, 0.5) is 18.9 Å². The van der Waals surface area contributed by atoms with E-state index in [0.717, 1.165) is 12.1 Å². The number of benzene rings is 2. The molecule has 0 amide bonds. The van der Waals surface area contributed by atoms with Gasteiger partial charge in [-0.1, -0.05) is 12.1 Å². The number of carbonyl (C=O) groups is 1. The van der Waals surface area contributed by atoms with Crippen molar-refractivity contribution in [2.45, 2.75) is 0 Å². The van der Waals surface area contributed by atoms with Gasteiger partial charge < -0.3 is 5.73 Å². The molecule has 0 aliphatic rings. The Balaban J connectivity index is 2.12. The molecular formula is C18H11F3N2O. The maximum Gasteiger partial charge on any atom is 0.198 e. The standard InChI is InChI=1S/C18H11F3N2O/c19-10-5-6-12(15(21)9-10)18(24)13-7-8-23-17(16(13)22)11-3-1-2-4-14(11)20/h1-9H,22H2. The third-order valence-electron chi connectivity index (χ3n) is 3.54.